The molecule has 0 atom stereocenters. The summed E-state index contributed by atoms with van der Waals surface area (Å²) in [5.41, 5.74) is 0. The second-order valence-corrected chi connectivity index (χ2v) is 5.83. The Balaban J connectivity index is 2.99. The van der Waals surface area contributed by atoms with E-state index in [1.807, 2.05) is 0 Å². The fraction of sp³-hybridized carbons (Fsp3) is 1.00. The van der Waals surface area contributed by atoms with Gasteiger partial charge < -0.3 is 0 Å². The maximum atomic E-state index is 10.3. The first-order valence-electron chi connectivity index (χ1n) is 6.24. The number of hydrogen-bond donors (Lipinski definition) is 1. The van der Waals surface area contributed by atoms with E-state index in [4.69, 9.17) is 0 Å². The van der Waals surface area contributed by atoms with E-state index >= 15 is 0 Å². The molecule has 0 aromatic heterocycles. The molecule has 0 aliphatic carbocycles. The summed E-state index contributed by atoms with van der Waals surface area (Å²) in [6.45, 7) is 4.54. The van der Waals surface area contributed by atoms with Gasteiger partial charge >= 0.3 is 0 Å². The molecular weight excluding hydrogens is 208 g/mol. The second kappa shape index (κ2) is 10.5. The Morgan fingerprint density at radius 2 is 1.27 bits per heavy atom. The van der Waals surface area contributed by atoms with E-state index in [-0.39, 0.29) is 0 Å². The van der Waals surface area contributed by atoms with Gasteiger partial charge in [0.1, 0.15) is 10.7 Å². The van der Waals surface area contributed by atoms with Gasteiger partial charge in [-0.2, -0.15) is 0 Å². The summed E-state index contributed by atoms with van der Waals surface area (Å²) in [5.74, 6) is 1.21. The number of hydrogen-bond acceptors (Lipinski definition) is 2. The maximum absolute atomic E-state index is 10.3. The van der Waals surface area contributed by atoms with Crippen molar-refractivity contribution in [2.45, 2.75) is 65.2 Å². The van der Waals surface area contributed by atoms with Crippen LogP contribution in [-0.4, -0.2) is 14.2 Å². The molecule has 0 N–H and O–H groups in total. The summed E-state index contributed by atoms with van der Waals surface area (Å²) in [6, 6.07) is 0. The van der Waals surface area contributed by atoms with Crippen LogP contribution in [0.2, 0.25) is 0 Å². The van der Waals surface area contributed by atoms with Gasteiger partial charge in [0.15, 0.2) is 0 Å². The minimum atomic E-state index is -2.14. The zero-order valence-electron chi connectivity index (χ0n) is 10.2. The summed E-state index contributed by atoms with van der Waals surface area (Å²) >= 11 is 0. The summed E-state index contributed by atoms with van der Waals surface area (Å²) in [5, 5.41) is 0. The van der Waals surface area contributed by atoms with Crippen LogP contribution in [0.1, 0.15) is 65.2 Å². The smallest absolute Gasteiger partial charge is 0.140 e. The van der Waals surface area contributed by atoms with Crippen molar-refractivity contribution in [1.82, 2.24) is 0 Å². The molecule has 0 aromatic rings. The van der Waals surface area contributed by atoms with E-state index in [2.05, 4.69) is 13.8 Å². The predicted octanol–water partition coefficient (Wildman–Crippen LogP) is 3.37. The molecule has 0 aromatic carbocycles. The first-order valence-corrected chi connectivity index (χ1v) is 7.61. The molecule has 92 valence electrons. The fourth-order valence-corrected chi connectivity index (χ4v) is 2.16. The Bertz CT molecular complexity index is 190. The Kier molecular flexibility index (Phi) is 10.4. The maximum Gasteiger partial charge on any atom is 0.140 e. The molecule has 0 saturated heterocycles. The third kappa shape index (κ3) is 14.0. The molecule has 0 radical (unpaired) electrons. The van der Waals surface area contributed by atoms with Crippen molar-refractivity contribution < 1.29 is 8.42 Å². The lowest BCUT2D eigenvalue weighted by molar-refractivity contribution is 0.511. The summed E-state index contributed by atoms with van der Waals surface area (Å²) in [6.07, 6.45) is 9.75. The molecule has 0 rings (SSSR count). The van der Waals surface area contributed by atoms with Crippen LogP contribution in [0.15, 0.2) is 0 Å². The lowest BCUT2D eigenvalue weighted by atomic mass is 10.0. The first kappa shape index (κ1) is 14.9. The molecule has 3 heteroatoms. The lowest BCUT2D eigenvalue weighted by Crippen LogP contribution is -1.89. The van der Waals surface area contributed by atoms with Crippen molar-refractivity contribution in [2.75, 3.05) is 5.75 Å². The normalized spacial score (nSPS) is 11.5. The van der Waals surface area contributed by atoms with Crippen LogP contribution in [0.4, 0.5) is 0 Å². The molecule has 0 spiro atoms. The lowest BCUT2D eigenvalue weighted by Gasteiger charge is -2.03. The van der Waals surface area contributed by atoms with Gasteiger partial charge in [-0.3, -0.25) is 0 Å². The van der Waals surface area contributed by atoms with Crippen molar-refractivity contribution in [3.63, 3.8) is 0 Å². The molecule has 0 aliphatic rings. The number of rotatable bonds is 10. The fourth-order valence-electron chi connectivity index (χ4n) is 1.68. The van der Waals surface area contributed by atoms with Gasteiger partial charge in [-0.15, -0.1) is 0 Å². The minimum absolute atomic E-state index is 0.378. The summed E-state index contributed by atoms with van der Waals surface area (Å²) < 4.78 is 20.5. The van der Waals surface area contributed by atoms with Crippen LogP contribution in [0, 0.1) is 5.92 Å². The van der Waals surface area contributed by atoms with Crippen LogP contribution in [0.3, 0.4) is 0 Å². The van der Waals surface area contributed by atoms with Gasteiger partial charge in [0.05, 0.1) is 0 Å². The Hall–Kier alpha value is -0.0500. The topological polar surface area (TPSA) is 34.1 Å². The molecule has 0 fully saturated rings. The van der Waals surface area contributed by atoms with Gasteiger partial charge in [-0.1, -0.05) is 58.8 Å². The Morgan fingerprint density at radius 3 is 1.73 bits per heavy atom. The molecule has 0 aliphatic heterocycles. The Labute approximate surface area is 96.4 Å². The van der Waals surface area contributed by atoms with Crippen LogP contribution in [0.25, 0.3) is 0 Å². The third-order valence-electron chi connectivity index (χ3n) is 2.62. The van der Waals surface area contributed by atoms with E-state index in [0.717, 1.165) is 18.8 Å². The Morgan fingerprint density at radius 1 is 0.800 bits per heavy atom. The highest BCUT2D eigenvalue weighted by molar-refractivity contribution is 7.72. The van der Waals surface area contributed by atoms with Gasteiger partial charge in [0, 0.05) is 5.75 Å². The van der Waals surface area contributed by atoms with Crippen LogP contribution >= 0.6 is 0 Å². The van der Waals surface area contributed by atoms with Crippen LogP contribution in [-0.2, 0) is 10.7 Å². The van der Waals surface area contributed by atoms with Gasteiger partial charge in [0.2, 0.25) is 0 Å². The van der Waals surface area contributed by atoms with E-state index in [1.54, 1.807) is 0 Å². The zero-order valence-corrected chi connectivity index (χ0v) is 11.1. The van der Waals surface area contributed by atoms with Gasteiger partial charge in [0.25, 0.3) is 0 Å². The van der Waals surface area contributed by atoms with E-state index < -0.39 is 10.7 Å². The number of unbranched alkanes of at least 4 members (excludes halogenated alkanes) is 6. The predicted molar refractivity (Wildman–Crippen MR) is 67.0 cm³/mol. The van der Waals surface area contributed by atoms with Crippen molar-refractivity contribution in [3.05, 3.63) is 0 Å². The van der Waals surface area contributed by atoms with Crippen LogP contribution in [0.5, 0.6) is 0 Å². The van der Waals surface area contributed by atoms with Crippen molar-refractivity contribution in [2.24, 2.45) is 5.92 Å². The highest BCUT2D eigenvalue weighted by Gasteiger charge is 1.95. The summed E-state index contributed by atoms with van der Waals surface area (Å²) in [7, 11) is -2.14. The molecular formula is C12H26O2S. The molecule has 0 bridgehead atoms. The van der Waals surface area contributed by atoms with Crippen molar-refractivity contribution in [3.8, 4) is 0 Å². The largest absolute Gasteiger partial charge is 0.232 e. The van der Waals surface area contributed by atoms with Crippen molar-refractivity contribution in [1.29, 1.82) is 0 Å². The SMILES string of the molecule is CC(C)CCCCCCCCC[SH](=O)=O. The standard InChI is InChI=1S/C12H26O2S/c1-12(2)10-8-6-4-3-5-7-9-11-15(13)14/h12,15H,3-11H2,1-2H3. The molecule has 0 saturated carbocycles. The van der Waals surface area contributed by atoms with E-state index in [9.17, 15) is 8.42 Å². The van der Waals surface area contributed by atoms with Gasteiger partial charge in [-0.05, 0) is 12.3 Å². The highest BCUT2D eigenvalue weighted by atomic mass is 32.2. The molecule has 0 unspecified atom stereocenters. The van der Waals surface area contributed by atoms with E-state index in [1.165, 1.54) is 38.5 Å². The molecule has 2 nitrogen and oxygen atoms in total. The quantitative estimate of drug-likeness (QED) is 0.464. The zero-order chi connectivity index (χ0) is 11.5. The molecule has 0 amide bonds. The third-order valence-corrected chi connectivity index (χ3v) is 3.30. The van der Waals surface area contributed by atoms with Crippen LogP contribution < -0.4 is 0 Å². The van der Waals surface area contributed by atoms with E-state index in [0.29, 0.717) is 5.75 Å². The average molecular weight is 234 g/mol. The molecule has 0 heterocycles. The van der Waals surface area contributed by atoms with Crippen molar-refractivity contribution >= 4 is 10.7 Å². The summed E-state index contributed by atoms with van der Waals surface area (Å²) in [4.78, 5) is 0. The average Bonchev–Trinajstić information content (AvgIpc) is 2.14. The second-order valence-electron chi connectivity index (χ2n) is 4.71. The monoisotopic (exact) mass is 234 g/mol. The molecule has 15 heavy (non-hydrogen) atoms. The first-order chi connectivity index (χ1) is 7.13. The van der Waals surface area contributed by atoms with Gasteiger partial charge in [-0.25, -0.2) is 8.42 Å². The number of thiol groups is 1. The minimum Gasteiger partial charge on any atom is -0.232 e. The highest BCUT2D eigenvalue weighted by Crippen LogP contribution is 2.11.